The Kier molecular flexibility index (Phi) is 14.2. The van der Waals surface area contributed by atoms with Crippen LogP contribution in [0.15, 0.2) is 0 Å². The van der Waals surface area contributed by atoms with Crippen molar-refractivity contribution < 1.29 is 61.2 Å². The van der Waals surface area contributed by atoms with E-state index in [0.29, 0.717) is 0 Å². The Morgan fingerprint density at radius 1 is 1.12 bits per heavy atom. The maximum absolute atomic E-state index is 9.10. The minimum atomic E-state index is -1.82. The third kappa shape index (κ3) is 9.52. The first-order chi connectivity index (χ1) is 2.64. The molecular formula is C2H3LiMoO4. The molecule has 0 amide bonds. The molecule has 0 atom stereocenters. The van der Waals surface area contributed by atoms with Crippen molar-refractivity contribution in [1.29, 1.82) is 0 Å². The van der Waals surface area contributed by atoms with Gasteiger partial charge in [0.05, 0.1) is 0 Å². The van der Waals surface area contributed by atoms with Gasteiger partial charge in [-0.15, -0.1) is 0 Å². The number of rotatable bonds is 0. The van der Waals surface area contributed by atoms with Crippen LogP contribution in [0.4, 0.5) is 0 Å². The normalized spacial score (nSPS) is 5.50. The Morgan fingerprint density at radius 3 is 1.25 bits per heavy atom. The summed E-state index contributed by atoms with van der Waals surface area (Å²) >= 11 is 0. The summed E-state index contributed by atoms with van der Waals surface area (Å²) < 4.78 is 0. The number of hydrogen-bond donors (Lipinski definition) is 2. The van der Waals surface area contributed by atoms with Crippen LogP contribution in [0.1, 0.15) is 1.43 Å². The van der Waals surface area contributed by atoms with E-state index in [9.17, 15) is 0 Å². The van der Waals surface area contributed by atoms with E-state index in [0.717, 1.165) is 0 Å². The molecule has 0 saturated heterocycles. The van der Waals surface area contributed by atoms with Gasteiger partial charge in [-0.25, -0.2) is 9.59 Å². The first-order valence-corrected chi connectivity index (χ1v) is 1.11. The molecule has 2 N–H and O–H groups in total. The fraction of sp³-hybridized carbons (Fsp3) is 0. The maximum Gasteiger partial charge on any atom is 1.00 e. The van der Waals surface area contributed by atoms with Crippen molar-refractivity contribution in [1.82, 2.24) is 0 Å². The molecule has 0 spiro atoms. The molecule has 0 rings (SSSR count). The quantitative estimate of drug-likeness (QED) is 0.307. The summed E-state index contributed by atoms with van der Waals surface area (Å²) in [5.74, 6) is -3.65. The van der Waals surface area contributed by atoms with Crippen LogP contribution in [-0.2, 0) is 30.7 Å². The zero-order valence-electron chi connectivity index (χ0n) is 5.12. The van der Waals surface area contributed by atoms with Crippen molar-refractivity contribution in [3.8, 4) is 0 Å². The first-order valence-electron chi connectivity index (χ1n) is 1.11. The summed E-state index contributed by atoms with van der Waals surface area (Å²) in [6.45, 7) is 0. The van der Waals surface area contributed by atoms with Crippen LogP contribution in [0.25, 0.3) is 0 Å². The van der Waals surface area contributed by atoms with Crippen LogP contribution in [-0.4, -0.2) is 22.2 Å². The summed E-state index contributed by atoms with van der Waals surface area (Å²) in [6.07, 6.45) is 0. The molecule has 0 saturated carbocycles. The molecule has 0 unspecified atom stereocenters. The van der Waals surface area contributed by atoms with Gasteiger partial charge in [0.1, 0.15) is 0 Å². The van der Waals surface area contributed by atoms with E-state index in [2.05, 4.69) is 0 Å². The largest absolute Gasteiger partial charge is 1.00 e. The summed E-state index contributed by atoms with van der Waals surface area (Å²) in [4.78, 5) is 18.2. The van der Waals surface area contributed by atoms with Gasteiger partial charge in [0.25, 0.3) is 0 Å². The van der Waals surface area contributed by atoms with Gasteiger partial charge < -0.3 is 11.6 Å². The van der Waals surface area contributed by atoms with Crippen molar-refractivity contribution in [2.45, 2.75) is 0 Å². The van der Waals surface area contributed by atoms with Crippen molar-refractivity contribution in [2.75, 3.05) is 0 Å². The van der Waals surface area contributed by atoms with E-state index in [1.54, 1.807) is 0 Å². The molecule has 0 aromatic rings. The Morgan fingerprint density at radius 2 is 1.25 bits per heavy atom. The predicted octanol–water partition coefficient (Wildman–Crippen LogP) is -3.73. The fourth-order valence-corrected chi connectivity index (χ4v) is 0. The number of hydrogen-bond acceptors (Lipinski definition) is 2. The average Bonchev–Trinajstić information content (AvgIpc) is 1.36. The topological polar surface area (TPSA) is 74.6 Å². The summed E-state index contributed by atoms with van der Waals surface area (Å²) in [5.41, 5.74) is 0. The SMILES string of the molecule is O=C(O)C(=O)O.[H-].[Li+].[Mo]. The van der Waals surface area contributed by atoms with Crippen LogP contribution in [0.2, 0.25) is 0 Å². The van der Waals surface area contributed by atoms with E-state index in [4.69, 9.17) is 19.8 Å². The average molecular weight is 194 g/mol. The molecule has 6 heteroatoms. The molecule has 0 aliphatic heterocycles. The Bertz CT molecular complexity index is 84.6. The minimum Gasteiger partial charge on any atom is -1.00 e. The molecule has 0 heterocycles. The Balaban J connectivity index is -0.0000000417. The smallest absolute Gasteiger partial charge is 1.00 e. The van der Waals surface area contributed by atoms with Gasteiger partial charge in [0, 0.05) is 21.1 Å². The number of carbonyl (C=O) groups is 2. The molecule has 0 aromatic carbocycles. The standard InChI is InChI=1S/C2H2O4.Li.Mo.H/c3-1(4)2(5)6;;;/h(H,3,4)(H,5,6);;;/q;+1;;-1. The molecule has 0 aliphatic rings. The van der Waals surface area contributed by atoms with E-state index >= 15 is 0 Å². The third-order valence-electron chi connectivity index (χ3n) is 0.183. The van der Waals surface area contributed by atoms with Crippen molar-refractivity contribution in [2.24, 2.45) is 0 Å². The van der Waals surface area contributed by atoms with Crippen molar-refractivity contribution in [3.63, 3.8) is 0 Å². The Labute approximate surface area is 73.2 Å². The number of aliphatic carboxylic acids is 2. The molecule has 0 fully saturated rings. The van der Waals surface area contributed by atoms with E-state index in [1.165, 1.54) is 0 Å². The second-order valence-electron chi connectivity index (χ2n) is 0.610. The van der Waals surface area contributed by atoms with Crippen LogP contribution >= 0.6 is 0 Å². The van der Waals surface area contributed by atoms with Crippen molar-refractivity contribution in [3.05, 3.63) is 0 Å². The first kappa shape index (κ1) is 15.7. The van der Waals surface area contributed by atoms with Gasteiger partial charge in [-0.3, -0.25) is 0 Å². The van der Waals surface area contributed by atoms with Crippen LogP contribution in [0, 0.1) is 0 Å². The molecule has 0 aromatic heterocycles. The zero-order chi connectivity index (χ0) is 5.15. The molecular weight excluding hydrogens is 191 g/mol. The van der Waals surface area contributed by atoms with Crippen molar-refractivity contribution >= 4 is 11.9 Å². The van der Waals surface area contributed by atoms with Crippen LogP contribution < -0.4 is 18.9 Å². The van der Waals surface area contributed by atoms with Gasteiger partial charge in [-0.05, 0) is 0 Å². The monoisotopic (exact) mass is 196 g/mol. The van der Waals surface area contributed by atoms with Gasteiger partial charge in [-0.1, -0.05) is 0 Å². The minimum absolute atomic E-state index is 0. The molecule has 0 bridgehead atoms. The maximum atomic E-state index is 9.10. The van der Waals surface area contributed by atoms with E-state index < -0.39 is 11.9 Å². The van der Waals surface area contributed by atoms with Gasteiger partial charge in [-0.2, -0.15) is 0 Å². The summed E-state index contributed by atoms with van der Waals surface area (Å²) in [6, 6.07) is 0. The predicted molar refractivity (Wildman–Crippen MR) is 16.4 cm³/mol. The molecule has 42 valence electrons. The summed E-state index contributed by atoms with van der Waals surface area (Å²) in [7, 11) is 0. The second-order valence-corrected chi connectivity index (χ2v) is 0.610. The molecule has 0 radical (unpaired) electrons. The van der Waals surface area contributed by atoms with Gasteiger partial charge in [0.15, 0.2) is 0 Å². The van der Waals surface area contributed by atoms with Crippen LogP contribution in [0.3, 0.4) is 0 Å². The van der Waals surface area contributed by atoms with Gasteiger partial charge >= 0.3 is 30.8 Å². The number of carboxylic acid groups (broad SMARTS) is 2. The molecule has 8 heavy (non-hydrogen) atoms. The third-order valence-corrected chi connectivity index (χ3v) is 0.183. The summed E-state index contributed by atoms with van der Waals surface area (Å²) in [5, 5.41) is 14.8. The zero-order valence-corrected chi connectivity index (χ0v) is 6.13. The molecule has 0 aliphatic carbocycles. The Hall–Kier alpha value is 0.226. The number of carboxylic acids is 2. The van der Waals surface area contributed by atoms with E-state index in [-0.39, 0.29) is 41.4 Å². The van der Waals surface area contributed by atoms with Crippen LogP contribution in [0.5, 0.6) is 0 Å². The molecule has 4 nitrogen and oxygen atoms in total. The van der Waals surface area contributed by atoms with E-state index in [1.807, 2.05) is 0 Å². The fourth-order valence-electron chi connectivity index (χ4n) is 0. The van der Waals surface area contributed by atoms with Gasteiger partial charge in [0.2, 0.25) is 0 Å². The second kappa shape index (κ2) is 7.23.